The number of carbonyl (C=O) groups is 1. The summed E-state index contributed by atoms with van der Waals surface area (Å²) >= 11 is 1.36. The van der Waals surface area contributed by atoms with E-state index in [4.69, 9.17) is 5.73 Å². The normalized spacial score (nSPS) is 22.4. The van der Waals surface area contributed by atoms with Gasteiger partial charge in [-0.05, 0) is 18.8 Å². The number of nitrogens with one attached hydrogen (secondary N) is 2. The van der Waals surface area contributed by atoms with E-state index in [1.807, 2.05) is 0 Å². The molecule has 118 valence electrons. The zero-order valence-corrected chi connectivity index (χ0v) is 13.5. The van der Waals surface area contributed by atoms with Crippen LogP contribution in [0.15, 0.2) is 5.38 Å². The Kier molecular flexibility index (Phi) is 5.31. The Balaban J connectivity index is 1.88. The molecule has 1 aliphatic carbocycles. The molecule has 9 heteroatoms. The van der Waals surface area contributed by atoms with Gasteiger partial charge < -0.3 is 11.1 Å². The number of thiazole rings is 1. The zero-order valence-electron chi connectivity index (χ0n) is 11.8. The summed E-state index contributed by atoms with van der Waals surface area (Å²) in [4.78, 5) is 16.1. The predicted molar refractivity (Wildman–Crippen MR) is 81.4 cm³/mol. The SMILES string of the molecule is CS(=O)(=O)NC1CCCC1CNC(=O)c1csc(CN)n1. The van der Waals surface area contributed by atoms with E-state index in [9.17, 15) is 13.2 Å². The van der Waals surface area contributed by atoms with Crippen molar-refractivity contribution in [2.75, 3.05) is 12.8 Å². The molecule has 1 heterocycles. The van der Waals surface area contributed by atoms with E-state index < -0.39 is 10.0 Å². The second-order valence-corrected chi connectivity index (χ2v) is 7.95. The minimum absolute atomic E-state index is 0.102. The fourth-order valence-corrected chi connectivity index (χ4v) is 4.05. The molecule has 0 radical (unpaired) electrons. The first kappa shape index (κ1) is 16.3. The Bertz CT molecular complexity index is 599. The lowest BCUT2D eigenvalue weighted by Crippen LogP contribution is -2.41. The molecule has 4 N–H and O–H groups in total. The number of hydrogen-bond donors (Lipinski definition) is 3. The Morgan fingerprint density at radius 1 is 1.52 bits per heavy atom. The number of hydrogen-bond acceptors (Lipinski definition) is 6. The maximum absolute atomic E-state index is 12.0. The van der Waals surface area contributed by atoms with Gasteiger partial charge >= 0.3 is 0 Å². The van der Waals surface area contributed by atoms with E-state index in [0.29, 0.717) is 18.8 Å². The summed E-state index contributed by atoms with van der Waals surface area (Å²) in [5.74, 6) is -0.118. The highest BCUT2D eigenvalue weighted by atomic mass is 32.2. The lowest BCUT2D eigenvalue weighted by Gasteiger charge is -2.20. The second-order valence-electron chi connectivity index (χ2n) is 5.23. The lowest BCUT2D eigenvalue weighted by molar-refractivity contribution is 0.0941. The van der Waals surface area contributed by atoms with E-state index in [0.717, 1.165) is 30.5 Å². The monoisotopic (exact) mass is 332 g/mol. The summed E-state index contributed by atoms with van der Waals surface area (Å²) in [6, 6.07) is -0.102. The summed E-state index contributed by atoms with van der Waals surface area (Å²) in [5.41, 5.74) is 5.83. The third-order valence-corrected chi connectivity index (χ3v) is 5.11. The highest BCUT2D eigenvalue weighted by Crippen LogP contribution is 2.25. The molecule has 1 aromatic rings. The van der Waals surface area contributed by atoms with Crippen LogP contribution in [0.1, 0.15) is 34.8 Å². The summed E-state index contributed by atoms with van der Waals surface area (Å²) in [5, 5.41) is 5.22. The molecule has 1 fully saturated rings. The smallest absolute Gasteiger partial charge is 0.270 e. The van der Waals surface area contributed by atoms with Gasteiger partial charge in [-0.2, -0.15) is 0 Å². The summed E-state index contributed by atoms with van der Waals surface area (Å²) in [6.45, 7) is 0.766. The van der Waals surface area contributed by atoms with Crippen LogP contribution in [-0.2, 0) is 16.6 Å². The minimum atomic E-state index is -3.22. The number of aromatic nitrogens is 1. The molecule has 0 spiro atoms. The van der Waals surface area contributed by atoms with Crippen LogP contribution < -0.4 is 15.8 Å². The summed E-state index contributed by atoms with van der Waals surface area (Å²) in [7, 11) is -3.22. The van der Waals surface area contributed by atoms with Crippen molar-refractivity contribution >= 4 is 27.3 Å². The van der Waals surface area contributed by atoms with Gasteiger partial charge in [0, 0.05) is 24.5 Å². The van der Waals surface area contributed by atoms with Crippen LogP contribution in [0.2, 0.25) is 0 Å². The Morgan fingerprint density at radius 3 is 2.90 bits per heavy atom. The van der Waals surface area contributed by atoms with Crippen molar-refractivity contribution in [2.24, 2.45) is 11.7 Å². The Hall–Kier alpha value is -1.03. The van der Waals surface area contributed by atoms with E-state index >= 15 is 0 Å². The van der Waals surface area contributed by atoms with Crippen molar-refractivity contribution in [3.05, 3.63) is 16.1 Å². The molecule has 21 heavy (non-hydrogen) atoms. The first-order chi connectivity index (χ1) is 9.89. The van der Waals surface area contributed by atoms with E-state index in [2.05, 4.69) is 15.0 Å². The molecule has 2 rings (SSSR count). The first-order valence-corrected chi connectivity index (χ1v) is 9.56. The molecule has 0 aliphatic heterocycles. The standard InChI is InChI=1S/C12H20N4O3S2/c1-21(18,19)16-9-4-2-3-8(9)6-14-12(17)10-7-20-11(5-13)15-10/h7-9,16H,2-6,13H2,1H3,(H,14,17). The van der Waals surface area contributed by atoms with Gasteiger partial charge in [-0.15, -0.1) is 11.3 Å². The molecule has 0 aromatic carbocycles. The fraction of sp³-hybridized carbons (Fsp3) is 0.667. The highest BCUT2D eigenvalue weighted by Gasteiger charge is 2.29. The van der Waals surface area contributed by atoms with Crippen molar-refractivity contribution in [3.63, 3.8) is 0 Å². The van der Waals surface area contributed by atoms with Crippen LogP contribution in [0.25, 0.3) is 0 Å². The number of nitrogens with two attached hydrogens (primary N) is 1. The molecule has 7 nitrogen and oxygen atoms in total. The van der Waals surface area contributed by atoms with Crippen LogP contribution >= 0.6 is 11.3 Å². The van der Waals surface area contributed by atoms with Gasteiger partial charge in [-0.3, -0.25) is 4.79 Å². The molecule has 0 saturated heterocycles. The number of carbonyl (C=O) groups excluding carboxylic acids is 1. The molecule has 2 unspecified atom stereocenters. The number of sulfonamides is 1. The Labute approximate surface area is 128 Å². The van der Waals surface area contributed by atoms with Crippen molar-refractivity contribution < 1.29 is 13.2 Å². The zero-order chi connectivity index (χ0) is 15.5. The van der Waals surface area contributed by atoms with Gasteiger partial charge in [-0.25, -0.2) is 18.1 Å². The van der Waals surface area contributed by atoms with Crippen molar-refractivity contribution in [3.8, 4) is 0 Å². The summed E-state index contributed by atoms with van der Waals surface area (Å²) in [6.07, 6.45) is 3.83. The van der Waals surface area contributed by atoms with Gasteiger partial charge in [0.25, 0.3) is 5.91 Å². The first-order valence-electron chi connectivity index (χ1n) is 6.79. The quantitative estimate of drug-likeness (QED) is 0.681. The maximum Gasteiger partial charge on any atom is 0.270 e. The van der Waals surface area contributed by atoms with Crippen molar-refractivity contribution in [1.29, 1.82) is 0 Å². The number of rotatable bonds is 6. The van der Waals surface area contributed by atoms with Crippen LogP contribution in [0.3, 0.4) is 0 Å². The van der Waals surface area contributed by atoms with Crippen LogP contribution in [0, 0.1) is 5.92 Å². The third-order valence-electron chi connectivity index (χ3n) is 3.51. The third kappa shape index (κ3) is 4.73. The maximum atomic E-state index is 12.0. The molecule has 1 saturated carbocycles. The van der Waals surface area contributed by atoms with E-state index in [1.54, 1.807) is 5.38 Å². The molecule has 1 amide bonds. The van der Waals surface area contributed by atoms with Crippen LogP contribution in [0.4, 0.5) is 0 Å². The average molecular weight is 332 g/mol. The molecular formula is C12H20N4O3S2. The molecule has 0 bridgehead atoms. The van der Waals surface area contributed by atoms with Gasteiger partial charge in [0.2, 0.25) is 10.0 Å². The van der Waals surface area contributed by atoms with Crippen molar-refractivity contribution in [2.45, 2.75) is 31.8 Å². The van der Waals surface area contributed by atoms with Gasteiger partial charge in [0.1, 0.15) is 10.7 Å². The van der Waals surface area contributed by atoms with Crippen LogP contribution in [-0.4, -0.2) is 38.2 Å². The fourth-order valence-electron chi connectivity index (χ4n) is 2.53. The summed E-state index contributed by atoms with van der Waals surface area (Å²) < 4.78 is 25.3. The highest BCUT2D eigenvalue weighted by molar-refractivity contribution is 7.88. The second kappa shape index (κ2) is 6.82. The van der Waals surface area contributed by atoms with E-state index in [-0.39, 0.29) is 17.9 Å². The molecule has 2 atom stereocenters. The largest absolute Gasteiger partial charge is 0.350 e. The van der Waals surface area contributed by atoms with Crippen molar-refractivity contribution in [1.82, 2.24) is 15.0 Å². The van der Waals surface area contributed by atoms with Crippen LogP contribution in [0.5, 0.6) is 0 Å². The minimum Gasteiger partial charge on any atom is -0.350 e. The van der Waals surface area contributed by atoms with Gasteiger partial charge in [0.15, 0.2) is 0 Å². The number of nitrogens with zero attached hydrogens (tertiary/aromatic N) is 1. The topological polar surface area (TPSA) is 114 Å². The average Bonchev–Trinajstić information content (AvgIpc) is 3.03. The Morgan fingerprint density at radius 2 is 2.29 bits per heavy atom. The molecule has 1 aromatic heterocycles. The van der Waals surface area contributed by atoms with Gasteiger partial charge in [-0.1, -0.05) is 6.42 Å². The molecular weight excluding hydrogens is 312 g/mol. The molecule has 1 aliphatic rings. The number of amides is 1. The van der Waals surface area contributed by atoms with Gasteiger partial charge in [0.05, 0.1) is 6.26 Å². The predicted octanol–water partition coefficient (Wildman–Crippen LogP) is 0.0495. The lowest BCUT2D eigenvalue weighted by atomic mass is 10.0. The van der Waals surface area contributed by atoms with E-state index in [1.165, 1.54) is 11.3 Å².